The van der Waals surface area contributed by atoms with E-state index < -0.39 is 21.8 Å². The second-order valence-electron chi connectivity index (χ2n) is 3.90. The monoisotopic (exact) mass is 280 g/mol. The number of hydrogen-bond donors (Lipinski definition) is 2. The molecule has 19 heavy (non-hydrogen) atoms. The lowest BCUT2D eigenvalue weighted by Crippen LogP contribution is -2.35. The summed E-state index contributed by atoms with van der Waals surface area (Å²) >= 11 is 0. The average molecular weight is 280 g/mol. The second-order valence-corrected chi connectivity index (χ2v) is 6.15. The van der Waals surface area contributed by atoms with Gasteiger partial charge in [-0.15, -0.1) is 12.3 Å². The highest BCUT2D eigenvalue weighted by Gasteiger charge is 2.19. The van der Waals surface area contributed by atoms with Crippen LogP contribution >= 0.6 is 0 Å². The van der Waals surface area contributed by atoms with E-state index in [9.17, 15) is 13.2 Å². The molecule has 0 radical (unpaired) electrons. The van der Waals surface area contributed by atoms with Gasteiger partial charge in [-0.1, -0.05) is 19.1 Å². The number of carbonyl (C=O) groups is 1. The van der Waals surface area contributed by atoms with Gasteiger partial charge in [-0.05, 0) is 12.1 Å². The Bertz CT molecular complexity index is 603. The van der Waals surface area contributed by atoms with Crippen LogP contribution in [0.15, 0.2) is 29.2 Å². The van der Waals surface area contributed by atoms with E-state index in [4.69, 9.17) is 12.2 Å². The third kappa shape index (κ3) is 3.81. The van der Waals surface area contributed by atoms with Gasteiger partial charge in [0.1, 0.15) is 0 Å². The Hall–Kier alpha value is -1.84. The van der Waals surface area contributed by atoms with Crippen molar-refractivity contribution in [3.05, 3.63) is 24.3 Å². The van der Waals surface area contributed by atoms with Gasteiger partial charge in [0, 0.05) is 6.42 Å². The fourth-order valence-corrected chi connectivity index (χ4v) is 2.49. The van der Waals surface area contributed by atoms with Crippen LogP contribution in [0.5, 0.6) is 0 Å². The van der Waals surface area contributed by atoms with Gasteiger partial charge in [0.05, 0.1) is 22.4 Å². The highest BCUT2D eigenvalue weighted by atomic mass is 32.2. The molecule has 0 aliphatic carbocycles. The first-order valence-electron chi connectivity index (χ1n) is 5.74. The van der Waals surface area contributed by atoms with E-state index in [0.29, 0.717) is 0 Å². The number of benzene rings is 1. The van der Waals surface area contributed by atoms with E-state index in [1.165, 1.54) is 19.1 Å². The van der Waals surface area contributed by atoms with Crippen molar-refractivity contribution in [2.24, 2.45) is 5.73 Å². The lowest BCUT2D eigenvalue weighted by Gasteiger charge is -2.13. The zero-order chi connectivity index (χ0) is 14.5. The summed E-state index contributed by atoms with van der Waals surface area (Å²) < 4.78 is 23.8. The number of carbonyl (C=O) groups excluding carboxylic acids is 1. The van der Waals surface area contributed by atoms with Crippen LogP contribution in [0.4, 0.5) is 5.69 Å². The van der Waals surface area contributed by atoms with Crippen molar-refractivity contribution in [3.8, 4) is 12.3 Å². The van der Waals surface area contributed by atoms with Gasteiger partial charge >= 0.3 is 0 Å². The zero-order valence-electron chi connectivity index (χ0n) is 10.6. The number of amides is 1. The lowest BCUT2D eigenvalue weighted by atomic mass is 10.2. The van der Waals surface area contributed by atoms with E-state index >= 15 is 0 Å². The molecule has 0 saturated carbocycles. The molecule has 1 unspecified atom stereocenters. The van der Waals surface area contributed by atoms with E-state index in [0.717, 1.165) is 0 Å². The third-order valence-corrected chi connectivity index (χ3v) is 4.32. The maximum absolute atomic E-state index is 11.9. The Morgan fingerprint density at radius 1 is 1.47 bits per heavy atom. The molecule has 0 aliphatic heterocycles. The molecule has 0 spiro atoms. The fraction of sp³-hybridized carbons (Fsp3) is 0.308. The molecular formula is C13H16N2O3S. The standard InChI is InChI=1S/C13H16N2O3S/c1-3-7-10(14)13(16)15-11-8-5-6-9-12(11)19(17,18)4-2/h1,5-6,8-10H,4,7,14H2,2H3,(H,15,16). The molecule has 1 rings (SSSR count). The van der Waals surface area contributed by atoms with Gasteiger partial charge in [0.2, 0.25) is 5.91 Å². The van der Waals surface area contributed by atoms with Crippen LogP contribution in [0.25, 0.3) is 0 Å². The first kappa shape index (κ1) is 15.2. The molecule has 1 aromatic rings. The average Bonchev–Trinajstić information content (AvgIpc) is 2.39. The largest absolute Gasteiger partial charge is 0.324 e. The van der Waals surface area contributed by atoms with Crippen molar-refractivity contribution in [1.29, 1.82) is 0 Å². The number of sulfone groups is 1. The van der Waals surface area contributed by atoms with Crippen LogP contribution in [0.2, 0.25) is 0 Å². The maximum atomic E-state index is 11.9. The van der Waals surface area contributed by atoms with Gasteiger partial charge in [-0.3, -0.25) is 4.79 Å². The SMILES string of the molecule is C#CCC(N)C(=O)Nc1ccccc1S(=O)(=O)CC. The topological polar surface area (TPSA) is 89.3 Å². The third-order valence-electron chi connectivity index (χ3n) is 2.53. The minimum atomic E-state index is -3.41. The highest BCUT2D eigenvalue weighted by Crippen LogP contribution is 2.22. The maximum Gasteiger partial charge on any atom is 0.242 e. The van der Waals surface area contributed by atoms with Crippen LogP contribution < -0.4 is 11.1 Å². The number of anilines is 1. The second kappa shape index (κ2) is 6.36. The van der Waals surface area contributed by atoms with E-state index in [1.807, 2.05) is 0 Å². The predicted octanol–water partition coefficient (Wildman–Crippen LogP) is 0.769. The Balaban J connectivity index is 3.04. The molecule has 102 valence electrons. The van der Waals surface area contributed by atoms with Gasteiger partial charge in [0.15, 0.2) is 9.84 Å². The van der Waals surface area contributed by atoms with Gasteiger partial charge in [-0.25, -0.2) is 8.42 Å². The number of hydrogen-bond acceptors (Lipinski definition) is 4. The molecule has 5 nitrogen and oxygen atoms in total. The van der Waals surface area contributed by atoms with E-state index in [-0.39, 0.29) is 22.8 Å². The van der Waals surface area contributed by atoms with E-state index in [1.54, 1.807) is 12.1 Å². The Morgan fingerprint density at radius 3 is 2.68 bits per heavy atom. The summed E-state index contributed by atoms with van der Waals surface area (Å²) in [5.74, 6) is 1.74. The fourth-order valence-electron chi connectivity index (χ4n) is 1.44. The van der Waals surface area contributed by atoms with Gasteiger partial charge in [0.25, 0.3) is 0 Å². The molecule has 6 heteroatoms. The van der Waals surface area contributed by atoms with Crippen LogP contribution in [0.1, 0.15) is 13.3 Å². The smallest absolute Gasteiger partial charge is 0.242 e. The molecule has 0 aromatic heterocycles. The Morgan fingerprint density at radius 2 is 2.11 bits per heavy atom. The minimum absolute atomic E-state index is 0.0453. The Labute approximate surface area is 113 Å². The van der Waals surface area contributed by atoms with Gasteiger partial charge < -0.3 is 11.1 Å². The summed E-state index contributed by atoms with van der Waals surface area (Å²) in [7, 11) is -3.41. The molecule has 0 heterocycles. The number of nitrogens with two attached hydrogens (primary N) is 1. The first-order valence-corrected chi connectivity index (χ1v) is 7.39. The normalized spacial score (nSPS) is 12.5. The molecule has 0 fully saturated rings. The van der Waals surface area contributed by atoms with Crippen molar-refractivity contribution >= 4 is 21.4 Å². The van der Waals surface area contributed by atoms with Crippen LogP contribution in [0.3, 0.4) is 0 Å². The first-order chi connectivity index (χ1) is 8.92. The van der Waals surface area contributed by atoms with Crippen LogP contribution in [-0.2, 0) is 14.6 Å². The number of para-hydroxylation sites is 1. The quantitative estimate of drug-likeness (QED) is 0.780. The summed E-state index contributed by atoms with van der Waals surface area (Å²) in [6.07, 6.45) is 5.17. The zero-order valence-corrected chi connectivity index (χ0v) is 11.4. The number of terminal acetylenes is 1. The molecule has 0 aliphatic rings. The van der Waals surface area contributed by atoms with Crippen molar-refractivity contribution in [1.82, 2.24) is 0 Å². The molecule has 3 N–H and O–H groups in total. The summed E-state index contributed by atoms with van der Waals surface area (Å²) in [4.78, 5) is 11.8. The molecule has 1 atom stereocenters. The number of nitrogens with one attached hydrogen (secondary N) is 1. The summed E-state index contributed by atoms with van der Waals surface area (Å²) in [5, 5.41) is 2.50. The molecule has 1 aromatic carbocycles. The van der Waals surface area contributed by atoms with Crippen molar-refractivity contribution < 1.29 is 13.2 Å². The van der Waals surface area contributed by atoms with E-state index in [2.05, 4.69) is 11.2 Å². The molecule has 1 amide bonds. The Kier molecular flexibility index (Phi) is 5.10. The molecule has 0 saturated heterocycles. The van der Waals surface area contributed by atoms with Crippen molar-refractivity contribution in [2.75, 3.05) is 11.1 Å². The molecule has 0 bridgehead atoms. The summed E-state index contributed by atoms with van der Waals surface area (Å²) in [6, 6.07) is 5.34. The van der Waals surface area contributed by atoms with Crippen LogP contribution in [-0.4, -0.2) is 26.1 Å². The summed E-state index contributed by atoms with van der Waals surface area (Å²) in [6.45, 7) is 1.54. The van der Waals surface area contributed by atoms with Crippen LogP contribution in [0, 0.1) is 12.3 Å². The highest BCUT2D eigenvalue weighted by molar-refractivity contribution is 7.91. The predicted molar refractivity (Wildman–Crippen MR) is 74.2 cm³/mol. The number of rotatable bonds is 5. The molecular weight excluding hydrogens is 264 g/mol. The lowest BCUT2D eigenvalue weighted by molar-refractivity contribution is -0.117. The van der Waals surface area contributed by atoms with Gasteiger partial charge in [-0.2, -0.15) is 0 Å². The summed E-state index contributed by atoms with van der Waals surface area (Å²) in [5.41, 5.74) is 5.79. The van der Waals surface area contributed by atoms with Crippen molar-refractivity contribution in [2.45, 2.75) is 24.3 Å². The minimum Gasteiger partial charge on any atom is -0.324 e. The van der Waals surface area contributed by atoms with Crippen molar-refractivity contribution in [3.63, 3.8) is 0 Å².